The van der Waals surface area contributed by atoms with Crippen LogP contribution in [0.1, 0.15) is 34.6 Å². The van der Waals surface area contributed by atoms with Crippen molar-refractivity contribution in [2.75, 3.05) is 0 Å². The van der Waals surface area contributed by atoms with Crippen molar-refractivity contribution in [2.24, 2.45) is 0 Å². The van der Waals surface area contributed by atoms with E-state index in [1.54, 1.807) is 0 Å². The van der Waals surface area contributed by atoms with E-state index in [1.807, 2.05) is 0 Å². The maximum absolute atomic E-state index is 13.2. The minimum Gasteiger partial charge on any atom is -0.294 e. The maximum atomic E-state index is 13.2. The Labute approximate surface area is 170 Å². The van der Waals surface area contributed by atoms with Gasteiger partial charge in [0.1, 0.15) is 0 Å². The highest BCUT2D eigenvalue weighted by Crippen LogP contribution is 2.41. The second kappa shape index (κ2) is 6.28. The van der Waals surface area contributed by atoms with Crippen molar-refractivity contribution in [1.29, 1.82) is 0 Å². The van der Waals surface area contributed by atoms with E-state index in [4.69, 9.17) is 0 Å². The molecule has 0 N–H and O–H groups in total. The SMILES string of the molecule is O=C1Cc2cc3ccccc3cc2C=C1C1CC=Cc2cc3ccccc3cc21. The summed E-state index contributed by atoms with van der Waals surface area (Å²) in [6, 6.07) is 25.8. The summed E-state index contributed by atoms with van der Waals surface area (Å²) in [6.45, 7) is 0. The van der Waals surface area contributed by atoms with Crippen molar-refractivity contribution in [3.8, 4) is 0 Å². The third-order valence-corrected chi connectivity index (χ3v) is 6.36. The number of carbonyl (C=O) groups excluding carboxylic acids is 1. The van der Waals surface area contributed by atoms with Crippen LogP contribution >= 0.6 is 0 Å². The summed E-state index contributed by atoms with van der Waals surface area (Å²) in [5.74, 6) is 0.388. The number of Topliss-reactive ketones (excluding diaryl/α,β-unsaturated/α-hetero) is 1. The maximum Gasteiger partial charge on any atom is 0.163 e. The largest absolute Gasteiger partial charge is 0.294 e. The minimum absolute atomic E-state index is 0.131. The number of hydrogen-bond donors (Lipinski definition) is 0. The standard InChI is InChI=1S/C28H20O/c29-28-17-24-14-20-8-2-1-7-19(20)13-23(24)16-27(28)25-11-5-10-22-12-18-6-3-4-9-21(18)15-26(22)25/h1-10,12-16,25H,11,17H2. The van der Waals surface area contributed by atoms with Crippen LogP contribution in [-0.2, 0) is 11.2 Å². The number of fused-ring (bicyclic) bond motifs is 4. The van der Waals surface area contributed by atoms with Gasteiger partial charge in [-0.25, -0.2) is 0 Å². The molecule has 0 aromatic heterocycles. The normalized spacial score (nSPS) is 17.9. The summed E-state index contributed by atoms with van der Waals surface area (Å²) >= 11 is 0. The lowest BCUT2D eigenvalue weighted by atomic mass is 9.76. The predicted octanol–water partition coefficient (Wildman–Crippen LogP) is 6.70. The van der Waals surface area contributed by atoms with Crippen molar-refractivity contribution >= 4 is 39.5 Å². The van der Waals surface area contributed by atoms with Crippen LogP contribution in [-0.4, -0.2) is 5.78 Å². The smallest absolute Gasteiger partial charge is 0.163 e. The van der Waals surface area contributed by atoms with Crippen LogP contribution in [0.15, 0.2) is 84.4 Å². The van der Waals surface area contributed by atoms with E-state index in [1.165, 1.54) is 38.2 Å². The molecular weight excluding hydrogens is 352 g/mol. The Morgan fingerprint density at radius 2 is 1.34 bits per heavy atom. The second-order valence-corrected chi connectivity index (χ2v) is 8.12. The van der Waals surface area contributed by atoms with Gasteiger partial charge in [0.15, 0.2) is 5.78 Å². The van der Waals surface area contributed by atoms with E-state index in [0.717, 1.165) is 17.6 Å². The third-order valence-electron chi connectivity index (χ3n) is 6.36. The number of rotatable bonds is 1. The molecule has 2 aliphatic rings. The molecule has 1 nitrogen and oxygen atoms in total. The third kappa shape index (κ3) is 2.66. The van der Waals surface area contributed by atoms with Crippen molar-refractivity contribution in [1.82, 2.24) is 0 Å². The van der Waals surface area contributed by atoms with E-state index in [0.29, 0.717) is 6.42 Å². The molecule has 0 spiro atoms. The summed E-state index contributed by atoms with van der Waals surface area (Å²) in [4.78, 5) is 13.2. The number of hydrogen-bond acceptors (Lipinski definition) is 1. The van der Waals surface area contributed by atoms with Crippen LogP contribution in [0.2, 0.25) is 0 Å². The molecule has 0 radical (unpaired) electrons. The lowest BCUT2D eigenvalue weighted by Crippen LogP contribution is -2.19. The van der Waals surface area contributed by atoms with E-state index >= 15 is 0 Å². The summed E-state index contributed by atoms with van der Waals surface area (Å²) in [5.41, 5.74) is 5.79. The van der Waals surface area contributed by atoms with Gasteiger partial charge in [0.05, 0.1) is 0 Å². The minimum atomic E-state index is 0.131. The first-order valence-corrected chi connectivity index (χ1v) is 10.2. The van der Waals surface area contributed by atoms with Gasteiger partial charge < -0.3 is 0 Å². The highest BCUT2D eigenvalue weighted by molar-refractivity contribution is 6.06. The van der Waals surface area contributed by atoms with Gasteiger partial charge in [-0.1, -0.05) is 66.7 Å². The number of carbonyl (C=O) groups is 1. The highest BCUT2D eigenvalue weighted by atomic mass is 16.1. The Morgan fingerprint density at radius 3 is 2.07 bits per heavy atom. The van der Waals surface area contributed by atoms with Crippen LogP contribution in [0.5, 0.6) is 0 Å². The van der Waals surface area contributed by atoms with Crippen LogP contribution < -0.4 is 0 Å². The Kier molecular flexibility index (Phi) is 3.57. The Balaban J connectivity index is 1.51. The molecule has 4 aromatic carbocycles. The summed E-state index contributed by atoms with van der Waals surface area (Å²) in [7, 11) is 0. The number of benzene rings is 4. The van der Waals surface area contributed by atoms with Gasteiger partial charge in [0, 0.05) is 17.9 Å². The molecule has 1 atom stereocenters. The van der Waals surface area contributed by atoms with Crippen LogP contribution in [0.4, 0.5) is 0 Å². The topological polar surface area (TPSA) is 17.1 Å². The lowest BCUT2D eigenvalue weighted by Gasteiger charge is -2.27. The first-order valence-electron chi connectivity index (χ1n) is 10.2. The Bertz CT molecular complexity index is 1370. The molecule has 0 saturated carbocycles. The summed E-state index contributed by atoms with van der Waals surface area (Å²) < 4.78 is 0. The first-order chi connectivity index (χ1) is 14.3. The van der Waals surface area contributed by atoms with Crippen LogP contribution in [0.3, 0.4) is 0 Å². The quantitative estimate of drug-likeness (QED) is 0.363. The van der Waals surface area contributed by atoms with Crippen molar-refractivity contribution in [3.05, 3.63) is 107 Å². The van der Waals surface area contributed by atoms with E-state index in [2.05, 4.69) is 91.0 Å². The predicted molar refractivity (Wildman–Crippen MR) is 121 cm³/mol. The molecule has 0 fully saturated rings. The first kappa shape index (κ1) is 16.5. The monoisotopic (exact) mass is 372 g/mol. The molecule has 29 heavy (non-hydrogen) atoms. The summed E-state index contributed by atoms with van der Waals surface area (Å²) in [6.07, 6.45) is 7.94. The number of ketones is 1. The molecular formula is C28H20O. The molecule has 0 heterocycles. The van der Waals surface area contributed by atoms with Crippen molar-refractivity contribution < 1.29 is 4.79 Å². The van der Waals surface area contributed by atoms with E-state index in [9.17, 15) is 4.79 Å². The molecule has 1 unspecified atom stereocenters. The van der Waals surface area contributed by atoms with Gasteiger partial charge in [0.25, 0.3) is 0 Å². The van der Waals surface area contributed by atoms with Crippen molar-refractivity contribution in [3.63, 3.8) is 0 Å². The van der Waals surface area contributed by atoms with Gasteiger partial charge in [-0.05, 0) is 74.5 Å². The van der Waals surface area contributed by atoms with Crippen LogP contribution in [0.25, 0.3) is 33.7 Å². The molecule has 4 aromatic rings. The van der Waals surface area contributed by atoms with Gasteiger partial charge >= 0.3 is 0 Å². The summed E-state index contributed by atoms with van der Waals surface area (Å²) in [5, 5.41) is 4.92. The average Bonchev–Trinajstić information content (AvgIpc) is 2.75. The van der Waals surface area contributed by atoms with Crippen LogP contribution in [0, 0.1) is 0 Å². The van der Waals surface area contributed by atoms with Gasteiger partial charge in [-0.3, -0.25) is 4.79 Å². The Hall–Kier alpha value is -3.45. The molecule has 6 rings (SSSR count). The number of allylic oxidation sites excluding steroid dienone is 2. The molecule has 0 aliphatic heterocycles. The van der Waals surface area contributed by atoms with Gasteiger partial charge in [0.2, 0.25) is 0 Å². The molecule has 138 valence electrons. The molecule has 0 bridgehead atoms. The average molecular weight is 372 g/mol. The zero-order valence-electron chi connectivity index (χ0n) is 16.1. The zero-order chi connectivity index (χ0) is 19.4. The fourth-order valence-electron chi connectivity index (χ4n) is 4.88. The highest BCUT2D eigenvalue weighted by Gasteiger charge is 2.29. The molecule has 2 aliphatic carbocycles. The fourth-order valence-corrected chi connectivity index (χ4v) is 4.88. The molecule has 1 heteroatoms. The molecule has 0 saturated heterocycles. The van der Waals surface area contributed by atoms with E-state index < -0.39 is 0 Å². The van der Waals surface area contributed by atoms with Crippen molar-refractivity contribution in [2.45, 2.75) is 18.8 Å². The Morgan fingerprint density at radius 1 is 0.724 bits per heavy atom. The van der Waals surface area contributed by atoms with Gasteiger partial charge in [-0.15, -0.1) is 0 Å². The lowest BCUT2D eigenvalue weighted by molar-refractivity contribution is -0.115. The van der Waals surface area contributed by atoms with Gasteiger partial charge in [-0.2, -0.15) is 0 Å². The van der Waals surface area contributed by atoms with E-state index in [-0.39, 0.29) is 11.7 Å². The zero-order valence-corrected chi connectivity index (χ0v) is 16.1. The second-order valence-electron chi connectivity index (χ2n) is 8.12. The molecule has 0 amide bonds. The fraction of sp³-hybridized carbons (Fsp3) is 0.107.